The molecule has 1 aromatic carbocycles. The Bertz CT molecular complexity index is 701. The number of ether oxygens (including phenoxy) is 2. The summed E-state index contributed by atoms with van der Waals surface area (Å²) in [6.45, 7) is 0.894. The Morgan fingerprint density at radius 3 is 2.75 bits per heavy atom. The third-order valence-electron chi connectivity index (χ3n) is 6.48. The van der Waals surface area contributed by atoms with Gasteiger partial charge in [0.05, 0.1) is 14.2 Å². The van der Waals surface area contributed by atoms with Crippen LogP contribution in [0.15, 0.2) is 24.0 Å². The van der Waals surface area contributed by atoms with E-state index in [0.717, 1.165) is 36.9 Å². The molecular weight excluding hydrogens is 306 g/mol. The Labute approximate surface area is 142 Å². The summed E-state index contributed by atoms with van der Waals surface area (Å²) in [5, 5.41) is 22.1. The van der Waals surface area contributed by atoms with Gasteiger partial charge in [-0.1, -0.05) is 6.07 Å². The number of phenolic OH excluding ortho intramolecular Hbond substituents is 1. The lowest BCUT2D eigenvalue weighted by Gasteiger charge is -2.59. The number of allylic oxidation sites excluding steroid dienone is 1. The largest absolute Gasteiger partial charge is 0.504 e. The Morgan fingerprint density at radius 2 is 2.04 bits per heavy atom. The average Bonchev–Trinajstić information content (AvgIpc) is 2.59. The zero-order chi connectivity index (χ0) is 17.1. The van der Waals surface area contributed by atoms with Gasteiger partial charge in [-0.2, -0.15) is 0 Å². The molecule has 0 radical (unpaired) electrons. The second kappa shape index (κ2) is 5.39. The number of aliphatic hydroxyl groups excluding tert-OH is 1. The molecule has 5 heteroatoms. The van der Waals surface area contributed by atoms with Gasteiger partial charge in [-0.25, -0.2) is 0 Å². The molecule has 130 valence electrons. The molecule has 4 atom stereocenters. The van der Waals surface area contributed by atoms with Crippen molar-refractivity contribution in [2.75, 3.05) is 27.8 Å². The van der Waals surface area contributed by atoms with Crippen molar-refractivity contribution in [1.82, 2.24) is 4.90 Å². The summed E-state index contributed by atoms with van der Waals surface area (Å²) in [7, 11) is 5.33. The van der Waals surface area contributed by atoms with E-state index in [2.05, 4.69) is 11.9 Å². The van der Waals surface area contributed by atoms with Crippen molar-refractivity contribution >= 4 is 0 Å². The number of benzene rings is 1. The summed E-state index contributed by atoms with van der Waals surface area (Å²) in [6, 6.07) is 4.22. The first kappa shape index (κ1) is 15.8. The Morgan fingerprint density at radius 1 is 1.25 bits per heavy atom. The summed E-state index contributed by atoms with van der Waals surface area (Å²) < 4.78 is 10.8. The third-order valence-corrected chi connectivity index (χ3v) is 6.48. The molecule has 3 aliphatic rings. The first-order valence-electron chi connectivity index (χ1n) is 8.56. The number of rotatable bonds is 2. The molecule has 0 aromatic heterocycles. The van der Waals surface area contributed by atoms with Gasteiger partial charge in [-0.15, -0.1) is 0 Å². The lowest BCUT2D eigenvalue weighted by atomic mass is 9.52. The molecule has 2 bridgehead atoms. The fourth-order valence-corrected chi connectivity index (χ4v) is 5.31. The number of hydrogen-bond acceptors (Lipinski definition) is 5. The molecule has 0 saturated carbocycles. The van der Waals surface area contributed by atoms with Crippen LogP contribution in [0.3, 0.4) is 0 Å². The van der Waals surface area contributed by atoms with Gasteiger partial charge in [-0.3, -0.25) is 0 Å². The van der Waals surface area contributed by atoms with E-state index in [0.29, 0.717) is 17.6 Å². The lowest BCUT2D eigenvalue weighted by Crippen LogP contribution is -2.64. The van der Waals surface area contributed by atoms with E-state index in [1.807, 2.05) is 18.2 Å². The van der Waals surface area contributed by atoms with Crippen molar-refractivity contribution in [2.24, 2.45) is 5.92 Å². The van der Waals surface area contributed by atoms with Gasteiger partial charge < -0.3 is 24.6 Å². The maximum absolute atomic E-state index is 11.2. The molecule has 4 unspecified atom stereocenters. The maximum atomic E-state index is 11.2. The van der Waals surface area contributed by atoms with E-state index in [1.54, 1.807) is 14.2 Å². The predicted molar refractivity (Wildman–Crippen MR) is 90.3 cm³/mol. The van der Waals surface area contributed by atoms with Crippen molar-refractivity contribution in [3.05, 3.63) is 35.1 Å². The Hall–Kier alpha value is -1.72. The van der Waals surface area contributed by atoms with E-state index < -0.39 is 11.5 Å². The van der Waals surface area contributed by atoms with Gasteiger partial charge in [-0.05, 0) is 56.5 Å². The second-order valence-electron chi connectivity index (χ2n) is 7.25. The Balaban J connectivity index is 1.98. The van der Waals surface area contributed by atoms with Crippen molar-refractivity contribution in [3.8, 4) is 11.5 Å². The zero-order valence-corrected chi connectivity index (χ0v) is 14.5. The minimum atomic E-state index is -0.741. The normalized spacial score (nSPS) is 34.8. The number of likely N-dealkylation sites (N-methyl/N-ethyl adjacent to an activating group) is 1. The number of methoxy groups -OCH3 is 2. The predicted octanol–water partition coefficient (Wildman–Crippen LogP) is 1.81. The van der Waals surface area contributed by atoms with Crippen LogP contribution in [0.1, 0.15) is 24.0 Å². The number of piperidine rings is 1. The van der Waals surface area contributed by atoms with Gasteiger partial charge >= 0.3 is 0 Å². The van der Waals surface area contributed by atoms with Gasteiger partial charge in [0.1, 0.15) is 11.9 Å². The first-order valence-corrected chi connectivity index (χ1v) is 8.56. The number of phenols is 1. The topological polar surface area (TPSA) is 62.2 Å². The summed E-state index contributed by atoms with van der Waals surface area (Å²) in [4.78, 5) is 2.39. The molecular formula is C19H25NO4. The molecule has 1 aliphatic heterocycles. The van der Waals surface area contributed by atoms with Crippen LogP contribution < -0.4 is 4.74 Å². The number of hydrogen-bond donors (Lipinski definition) is 2. The van der Waals surface area contributed by atoms with Crippen LogP contribution >= 0.6 is 0 Å². The lowest BCUT2D eigenvalue weighted by molar-refractivity contribution is -0.0591. The van der Waals surface area contributed by atoms with Gasteiger partial charge in [0.2, 0.25) is 0 Å². The number of nitrogens with zero attached hydrogens (tertiary/aromatic N) is 1. The third kappa shape index (κ3) is 1.82. The molecule has 2 aliphatic carbocycles. The second-order valence-corrected chi connectivity index (χ2v) is 7.25. The van der Waals surface area contributed by atoms with E-state index >= 15 is 0 Å². The number of fused-ring (bicyclic) bond motifs is 1. The van der Waals surface area contributed by atoms with Crippen LogP contribution in [-0.2, 0) is 16.6 Å². The minimum Gasteiger partial charge on any atom is -0.504 e. The van der Waals surface area contributed by atoms with Crippen LogP contribution in [0.25, 0.3) is 0 Å². The van der Waals surface area contributed by atoms with E-state index in [9.17, 15) is 10.2 Å². The van der Waals surface area contributed by atoms with Crippen molar-refractivity contribution in [1.29, 1.82) is 0 Å². The van der Waals surface area contributed by atoms with E-state index in [4.69, 9.17) is 9.47 Å². The fourth-order valence-electron chi connectivity index (χ4n) is 5.31. The highest BCUT2D eigenvalue weighted by molar-refractivity contribution is 5.58. The van der Waals surface area contributed by atoms with Crippen molar-refractivity contribution < 1.29 is 19.7 Å². The molecule has 1 saturated heterocycles. The highest BCUT2D eigenvalue weighted by Gasteiger charge is 2.59. The van der Waals surface area contributed by atoms with Gasteiger partial charge in [0.15, 0.2) is 11.5 Å². The molecule has 1 heterocycles. The van der Waals surface area contributed by atoms with E-state index in [-0.39, 0.29) is 11.7 Å². The number of aromatic hydroxyl groups is 1. The van der Waals surface area contributed by atoms with E-state index in [1.165, 1.54) is 0 Å². The fraction of sp³-hybridized carbons (Fsp3) is 0.579. The first-order chi connectivity index (χ1) is 11.5. The summed E-state index contributed by atoms with van der Waals surface area (Å²) in [5.74, 6) is 1.53. The average molecular weight is 331 g/mol. The molecule has 24 heavy (non-hydrogen) atoms. The molecule has 2 N–H and O–H groups in total. The molecule has 0 amide bonds. The number of aliphatic hydroxyl groups is 1. The van der Waals surface area contributed by atoms with Crippen LogP contribution in [-0.4, -0.2) is 55.1 Å². The molecule has 4 rings (SSSR count). The SMILES string of the molecule is COC1=CCC2C3Cc4ccc(OC)c(O)c4C2(CCN3C)C1O. The van der Waals surface area contributed by atoms with Crippen molar-refractivity contribution in [3.63, 3.8) is 0 Å². The Kier molecular flexibility index (Phi) is 3.55. The van der Waals surface area contributed by atoms with Crippen LogP contribution in [0.5, 0.6) is 11.5 Å². The molecule has 1 aromatic rings. The minimum absolute atomic E-state index is 0.180. The monoisotopic (exact) mass is 331 g/mol. The maximum Gasteiger partial charge on any atom is 0.161 e. The highest BCUT2D eigenvalue weighted by atomic mass is 16.5. The van der Waals surface area contributed by atoms with Crippen molar-refractivity contribution in [2.45, 2.75) is 36.8 Å². The van der Waals surface area contributed by atoms with Crippen LogP contribution in [0.2, 0.25) is 0 Å². The summed E-state index contributed by atoms with van der Waals surface area (Å²) in [5.41, 5.74) is 1.47. The smallest absolute Gasteiger partial charge is 0.161 e. The molecule has 0 spiro atoms. The van der Waals surface area contributed by atoms with Crippen LogP contribution in [0.4, 0.5) is 0 Å². The highest BCUT2D eigenvalue weighted by Crippen LogP contribution is 2.58. The number of likely N-dealkylation sites (tertiary alicyclic amines) is 1. The van der Waals surface area contributed by atoms with Crippen LogP contribution in [0, 0.1) is 5.92 Å². The van der Waals surface area contributed by atoms with Gasteiger partial charge in [0, 0.05) is 17.0 Å². The summed E-state index contributed by atoms with van der Waals surface area (Å²) >= 11 is 0. The zero-order valence-electron chi connectivity index (χ0n) is 14.5. The quantitative estimate of drug-likeness (QED) is 0.865. The standard InChI is InChI=1S/C19H25NO4/c1-20-9-8-19-12(5-7-15(24-3)18(19)22)13(20)10-11-4-6-14(23-2)17(21)16(11)19/h4,6-7,12-13,18,21-22H,5,8-10H2,1-3H3. The molecule has 1 fully saturated rings. The molecule has 5 nitrogen and oxygen atoms in total. The summed E-state index contributed by atoms with van der Waals surface area (Å²) in [6.07, 6.45) is 3.81. The van der Waals surface area contributed by atoms with Gasteiger partial charge in [0.25, 0.3) is 0 Å².